The van der Waals surface area contributed by atoms with E-state index >= 15 is 0 Å². The highest BCUT2D eigenvalue weighted by atomic mass is 32.2. The number of aryl methyl sites for hydroxylation is 1. The summed E-state index contributed by atoms with van der Waals surface area (Å²) in [5.74, 6) is 0. The standard InChI is InChI=1S/C10H17N3O3S/c1-8-4-3-5-9(11)10(8)13-17(14,15)12-6-7-16-2/h3-5,12-13H,6-7,11H2,1-2H3. The molecule has 1 aromatic rings. The second kappa shape index (κ2) is 5.85. The van der Waals surface area contributed by atoms with E-state index in [9.17, 15) is 8.42 Å². The molecule has 0 aromatic heterocycles. The quantitative estimate of drug-likeness (QED) is 0.511. The molecule has 0 radical (unpaired) electrons. The van der Waals surface area contributed by atoms with E-state index in [1.54, 1.807) is 25.1 Å². The van der Waals surface area contributed by atoms with Gasteiger partial charge in [0, 0.05) is 13.7 Å². The van der Waals surface area contributed by atoms with Crippen molar-refractivity contribution in [3.8, 4) is 0 Å². The molecule has 0 aliphatic carbocycles. The minimum atomic E-state index is -3.61. The van der Waals surface area contributed by atoms with E-state index in [-0.39, 0.29) is 6.54 Å². The van der Waals surface area contributed by atoms with Crippen LogP contribution >= 0.6 is 0 Å². The molecule has 0 atom stereocenters. The monoisotopic (exact) mass is 259 g/mol. The SMILES string of the molecule is COCCNS(=O)(=O)Nc1c(C)cccc1N. The fourth-order valence-electron chi connectivity index (χ4n) is 1.28. The van der Waals surface area contributed by atoms with Crippen molar-refractivity contribution in [2.75, 3.05) is 30.7 Å². The van der Waals surface area contributed by atoms with Crippen LogP contribution in [0.15, 0.2) is 18.2 Å². The van der Waals surface area contributed by atoms with Gasteiger partial charge in [0.2, 0.25) is 0 Å². The average Bonchev–Trinajstić information content (AvgIpc) is 2.24. The van der Waals surface area contributed by atoms with Crippen LogP contribution in [0.4, 0.5) is 11.4 Å². The molecule has 0 heterocycles. The van der Waals surface area contributed by atoms with Crippen LogP contribution in [0.25, 0.3) is 0 Å². The molecular formula is C10H17N3O3S. The molecule has 0 unspecified atom stereocenters. The number of rotatable bonds is 6. The highest BCUT2D eigenvalue weighted by Crippen LogP contribution is 2.23. The van der Waals surface area contributed by atoms with E-state index in [1.807, 2.05) is 0 Å². The maximum atomic E-state index is 11.6. The predicted molar refractivity (Wildman–Crippen MR) is 68.0 cm³/mol. The highest BCUT2D eigenvalue weighted by molar-refractivity contribution is 7.90. The predicted octanol–water partition coefficient (Wildman–Crippen LogP) is 0.470. The van der Waals surface area contributed by atoms with Crippen molar-refractivity contribution in [2.45, 2.75) is 6.92 Å². The van der Waals surface area contributed by atoms with Crippen LogP contribution in [0.2, 0.25) is 0 Å². The summed E-state index contributed by atoms with van der Waals surface area (Å²) in [6.07, 6.45) is 0. The zero-order chi connectivity index (χ0) is 12.9. The van der Waals surface area contributed by atoms with Gasteiger partial charge >= 0.3 is 0 Å². The molecule has 0 amide bonds. The van der Waals surface area contributed by atoms with Crippen LogP contribution in [0.3, 0.4) is 0 Å². The second-order valence-corrected chi connectivity index (χ2v) is 5.03. The van der Waals surface area contributed by atoms with E-state index in [1.165, 1.54) is 7.11 Å². The van der Waals surface area contributed by atoms with E-state index in [0.717, 1.165) is 5.56 Å². The van der Waals surface area contributed by atoms with Crippen molar-refractivity contribution >= 4 is 21.6 Å². The minimum Gasteiger partial charge on any atom is -0.397 e. The lowest BCUT2D eigenvalue weighted by Crippen LogP contribution is -2.33. The van der Waals surface area contributed by atoms with Crippen LogP contribution in [0, 0.1) is 6.92 Å². The lowest BCUT2D eigenvalue weighted by Gasteiger charge is -2.13. The number of para-hydroxylation sites is 1. The van der Waals surface area contributed by atoms with E-state index in [2.05, 4.69) is 9.44 Å². The maximum Gasteiger partial charge on any atom is 0.299 e. The number of hydrogen-bond donors (Lipinski definition) is 3. The zero-order valence-electron chi connectivity index (χ0n) is 9.86. The van der Waals surface area contributed by atoms with Crippen LogP contribution in [-0.4, -0.2) is 28.7 Å². The molecule has 0 spiro atoms. The summed E-state index contributed by atoms with van der Waals surface area (Å²) >= 11 is 0. The zero-order valence-corrected chi connectivity index (χ0v) is 10.7. The van der Waals surface area contributed by atoms with Gasteiger partial charge in [0.25, 0.3) is 10.2 Å². The van der Waals surface area contributed by atoms with Gasteiger partial charge in [-0.25, -0.2) is 0 Å². The van der Waals surface area contributed by atoms with Gasteiger partial charge in [-0.2, -0.15) is 13.1 Å². The molecule has 0 fully saturated rings. The third-order valence-corrected chi connectivity index (χ3v) is 3.20. The Bertz CT molecular complexity index is 453. The first-order valence-corrected chi connectivity index (χ1v) is 6.56. The number of benzene rings is 1. The number of anilines is 2. The van der Waals surface area contributed by atoms with Crippen molar-refractivity contribution in [3.63, 3.8) is 0 Å². The van der Waals surface area contributed by atoms with Crippen molar-refractivity contribution < 1.29 is 13.2 Å². The van der Waals surface area contributed by atoms with Crippen LogP contribution in [-0.2, 0) is 14.9 Å². The lowest BCUT2D eigenvalue weighted by atomic mass is 10.2. The summed E-state index contributed by atoms with van der Waals surface area (Å²) in [5, 5.41) is 0. The normalized spacial score (nSPS) is 11.4. The molecule has 0 saturated heterocycles. The Balaban J connectivity index is 2.76. The van der Waals surface area contributed by atoms with Gasteiger partial charge in [0.1, 0.15) is 0 Å². The highest BCUT2D eigenvalue weighted by Gasteiger charge is 2.12. The van der Waals surface area contributed by atoms with E-state index in [4.69, 9.17) is 10.5 Å². The molecule has 0 aliphatic rings. The molecule has 1 rings (SSSR count). The molecule has 6 nitrogen and oxygen atoms in total. The summed E-state index contributed by atoms with van der Waals surface area (Å²) in [6.45, 7) is 2.30. The molecule has 17 heavy (non-hydrogen) atoms. The second-order valence-electron chi connectivity index (χ2n) is 3.53. The first kappa shape index (κ1) is 13.8. The smallest absolute Gasteiger partial charge is 0.299 e. The summed E-state index contributed by atoms with van der Waals surface area (Å²) in [7, 11) is -2.11. The van der Waals surface area contributed by atoms with Gasteiger partial charge in [-0.15, -0.1) is 0 Å². The van der Waals surface area contributed by atoms with Crippen LogP contribution in [0.1, 0.15) is 5.56 Å². The number of nitrogens with one attached hydrogen (secondary N) is 2. The molecule has 1 aromatic carbocycles. The van der Waals surface area contributed by atoms with Crippen LogP contribution < -0.4 is 15.2 Å². The van der Waals surface area contributed by atoms with Gasteiger partial charge in [0.05, 0.1) is 18.0 Å². The molecule has 0 saturated carbocycles. The molecular weight excluding hydrogens is 242 g/mol. The van der Waals surface area contributed by atoms with Gasteiger partial charge in [-0.3, -0.25) is 4.72 Å². The van der Waals surface area contributed by atoms with Gasteiger partial charge < -0.3 is 10.5 Å². The Hall–Kier alpha value is -1.31. The largest absolute Gasteiger partial charge is 0.397 e. The van der Waals surface area contributed by atoms with Crippen molar-refractivity contribution in [1.29, 1.82) is 0 Å². The molecule has 0 bridgehead atoms. The van der Waals surface area contributed by atoms with E-state index in [0.29, 0.717) is 18.0 Å². The topological polar surface area (TPSA) is 93.4 Å². The molecule has 96 valence electrons. The lowest BCUT2D eigenvalue weighted by molar-refractivity contribution is 0.204. The van der Waals surface area contributed by atoms with Crippen molar-refractivity contribution in [1.82, 2.24) is 4.72 Å². The fraction of sp³-hybridized carbons (Fsp3) is 0.400. The van der Waals surface area contributed by atoms with Crippen molar-refractivity contribution in [3.05, 3.63) is 23.8 Å². The number of hydrogen-bond acceptors (Lipinski definition) is 4. The number of methoxy groups -OCH3 is 1. The maximum absolute atomic E-state index is 11.6. The molecule has 4 N–H and O–H groups in total. The number of ether oxygens (including phenoxy) is 1. The number of nitrogens with two attached hydrogens (primary N) is 1. The first-order chi connectivity index (χ1) is 7.96. The average molecular weight is 259 g/mol. The number of nitrogen functional groups attached to an aromatic ring is 1. The fourth-order valence-corrected chi connectivity index (χ4v) is 2.25. The Labute approximate surface area is 101 Å². The summed E-state index contributed by atoms with van der Waals surface area (Å²) in [6, 6.07) is 5.18. The van der Waals surface area contributed by atoms with E-state index < -0.39 is 10.2 Å². The van der Waals surface area contributed by atoms with Gasteiger partial charge in [-0.05, 0) is 18.6 Å². The van der Waals surface area contributed by atoms with Crippen molar-refractivity contribution in [2.24, 2.45) is 0 Å². The van der Waals surface area contributed by atoms with Gasteiger partial charge in [0.15, 0.2) is 0 Å². The Morgan fingerprint density at radius 3 is 2.71 bits per heavy atom. The van der Waals surface area contributed by atoms with Crippen LogP contribution in [0.5, 0.6) is 0 Å². The van der Waals surface area contributed by atoms with Gasteiger partial charge in [-0.1, -0.05) is 12.1 Å². The molecule has 0 aliphatic heterocycles. The third-order valence-electron chi connectivity index (χ3n) is 2.14. The Morgan fingerprint density at radius 2 is 2.12 bits per heavy atom. The summed E-state index contributed by atoms with van der Waals surface area (Å²) < 4.78 is 32.8. The first-order valence-electron chi connectivity index (χ1n) is 5.07. The Kier molecular flexibility index (Phi) is 4.73. The third kappa shape index (κ3) is 4.22. The molecule has 7 heteroatoms. The minimum absolute atomic E-state index is 0.206. The summed E-state index contributed by atoms with van der Waals surface area (Å²) in [4.78, 5) is 0. The Morgan fingerprint density at radius 1 is 1.41 bits per heavy atom. The summed E-state index contributed by atoms with van der Waals surface area (Å²) in [5.41, 5.74) is 7.26.